The Morgan fingerprint density at radius 3 is 2.04 bits per heavy atom. The highest BCUT2D eigenvalue weighted by Gasteiger charge is 2.19. The van der Waals surface area contributed by atoms with E-state index in [4.69, 9.17) is 4.74 Å². The summed E-state index contributed by atoms with van der Waals surface area (Å²) in [6.07, 6.45) is 0. The first-order chi connectivity index (χ1) is 13.4. The molecule has 9 nitrogen and oxygen atoms in total. The van der Waals surface area contributed by atoms with Crippen molar-refractivity contribution in [2.24, 2.45) is 0 Å². The monoisotopic (exact) mass is 379 g/mol. The van der Waals surface area contributed by atoms with Gasteiger partial charge in [0.05, 0.1) is 15.4 Å². The van der Waals surface area contributed by atoms with Crippen LogP contribution in [0.4, 0.5) is 17.1 Å². The second-order valence-electron chi connectivity index (χ2n) is 5.61. The molecule has 0 saturated heterocycles. The highest BCUT2D eigenvalue weighted by molar-refractivity contribution is 6.06. The number of benzene rings is 3. The predicted octanol–water partition coefficient (Wildman–Crippen LogP) is 4.55. The zero-order valence-electron chi connectivity index (χ0n) is 14.3. The highest BCUT2D eigenvalue weighted by atomic mass is 16.6. The molecule has 0 unspecified atom stereocenters. The Labute approximate surface area is 158 Å². The first-order valence-corrected chi connectivity index (χ1v) is 8.01. The summed E-state index contributed by atoms with van der Waals surface area (Å²) in [5.74, 6) is -0.0552. The van der Waals surface area contributed by atoms with Crippen molar-refractivity contribution >= 4 is 23.0 Å². The number of amides is 1. The number of para-hydroxylation sites is 1. The van der Waals surface area contributed by atoms with Crippen molar-refractivity contribution in [2.75, 3.05) is 5.32 Å². The number of nitro groups is 2. The molecule has 0 fully saturated rings. The summed E-state index contributed by atoms with van der Waals surface area (Å²) < 4.78 is 5.68. The molecule has 0 aliphatic heterocycles. The van der Waals surface area contributed by atoms with Crippen LogP contribution in [-0.4, -0.2) is 15.8 Å². The quantitative estimate of drug-likeness (QED) is 0.495. The lowest BCUT2D eigenvalue weighted by molar-refractivity contribution is -0.385. The molecule has 3 aromatic rings. The van der Waals surface area contributed by atoms with Gasteiger partial charge >= 0.3 is 0 Å². The third-order valence-corrected chi connectivity index (χ3v) is 3.73. The van der Waals surface area contributed by atoms with E-state index in [2.05, 4.69) is 5.32 Å². The third kappa shape index (κ3) is 4.28. The number of hydrogen-bond acceptors (Lipinski definition) is 6. The van der Waals surface area contributed by atoms with Gasteiger partial charge < -0.3 is 10.1 Å². The summed E-state index contributed by atoms with van der Waals surface area (Å²) in [6.45, 7) is 0. The van der Waals surface area contributed by atoms with Crippen molar-refractivity contribution < 1.29 is 19.4 Å². The molecule has 3 aromatic carbocycles. The Bertz CT molecular complexity index is 1040. The number of nitrogens with zero attached hydrogens (tertiary/aromatic N) is 2. The number of anilines is 1. The number of rotatable bonds is 6. The second-order valence-corrected chi connectivity index (χ2v) is 5.61. The Balaban J connectivity index is 1.90. The predicted molar refractivity (Wildman–Crippen MR) is 101 cm³/mol. The van der Waals surface area contributed by atoms with Crippen molar-refractivity contribution in [3.05, 3.63) is 98.6 Å². The van der Waals surface area contributed by atoms with E-state index in [0.29, 0.717) is 11.4 Å². The minimum atomic E-state index is -0.650. The molecule has 0 spiro atoms. The van der Waals surface area contributed by atoms with Crippen LogP contribution < -0.4 is 10.1 Å². The lowest BCUT2D eigenvalue weighted by Crippen LogP contribution is -2.13. The Morgan fingerprint density at radius 2 is 1.43 bits per heavy atom. The lowest BCUT2D eigenvalue weighted by atomic mass is 10.1. The van der Waals surface area contributed by atoms with Gasteiger partial charge in [0, 0.05) is 30.0 Å². The molecule has 0 aliphatic rings. The topological polar surface area (TPSA) is 125 Å². The fraction of sp³-hybridized carbons (Fsp3) is 0. The van der Waals surface area contributed by atoms with E-state index < -0.39 is 15.8 Å². The van der Waals surface area contributed by atoms with Gasteiger partial charge in [0.25, 0.3) is 17.3 Å². The van der Waals surface area contributed by atoms with Crippen LogP contribution in [0.2, 0.25) is 0 Å². The van der Waals surface area contributed by atoms with Crippen molar-refractivity contribution in [2.45, 2.75) is 0 Å². The van der Waals surface area contributed by atoms with E-state index in [1.165, 1.54) is 36.4 Å². The van der Waals surface area contributed by atoms with Gasteiger partial charge in [-0.05, 0) is 30.3 Å². The van der Waals surface area contributed by atoms with Gasteiger partial charge in [-0.3, -0.25) is 25.0 Å². The maximum absolute atomic E-state index is 12.7. The Hall–Kier alpha value is -4.27. The fourth-order valence-corrected chi connectivity index (χ4v) is 2.38. The number of hydrogen-bond donors (Lipinski definition) is 1. The Morgan fingerprint density at radius 1 is 0.821 bits per heavy atom. The van der Waals surface area contributed by atoms with Crippen LogP contribution in [0, 0.1) is 20.2 Å². The van der Waals surface area contributed by atoms with E-state index in [0.717, 1.165) is 6.07 Å². The van der Waals surface area contributed by atoms with Gasteiger partial charge in [0.2, 0.25) is 0 Å². The molecular formula is C19H13N3O6. The van der Waals surface area contributed by atoms with Gasteiger partial charge in [-0.1, -0.05) is 18.2 Å². The molecule has 0 aromatic heterocycles. The molecule has 0 radical (unpaired) electrons. The molecule has 3 rings (SSSR count). The van der Waals surface area contributed by atoms with E-state index in [1.54, 1.807) is 30.3 Å². The smallest absolute Gasteiger partial charge is 0.270 e. The van der Waals surface area contributed by atoms with E-state index in [-0.39, 0.29) is 22.7 Å². The number of ether oxygens (including phenoxy) is 1. The molecule has 0 heterocycles. The van der Waals surface area contributed by atoms with Gasteiger partial charge in [0.15, 0.2) is 0 Å². The van der Waals surface area contributed by atoms with Crippen LogP contribution in [0.25, 0.3) is 0 Å². The molecule has 0 bridgehead atoms. The van der Waals surface area contributed by atoms with E-state index in [1.807, 2.05) is 0 Å². The summed E-state index contributed by atoms with van der Waals surface area (Å²) in [5.41, 5.74) is -0.139. The summed E-state index contributed by atoms with van der Waals surface area (Å²) in [6, 6.07) is 17.6. The van der Waals surface area contributed by atoms with E-state index in [9.17, 15) is 25.0 Å². The van der Waals surface area contributed by atoms with Crippen molar-refractivity contribution in [1.82, 2.24) is 0 Å². The summed E-state index contributed by atoms with van der Waals surface area (Å²) in [5, 5.41) is 24.3. The number of non-ortho nitro benzene ring substituents is 2. The molecule has 140 valence electrons. The van der Waals surface area contributed by atoms with Crippen LogP contribution in [0.15, 0.2) is 72.8 Å². The van der Waals surface area contributed by atoms with Crippen LogP contribution in [0.1, 0.15) is 10.4 Å². The SMILES string of the molecule is O=C(Nc1ccc([N+](=O)[O-])cc1)c1cc([N+](=O)[O-])ccc1Oc1ccccc1. The van der Waals surface area contributed by atoms with Crippen LogP contribution in [0.3, 0.4) is 0 Å². The summed E-state index contributed by atoms with van der Waals surface area (Å²) in [4.78, 5) is 33.3. The molecule has 0 atom stereocenters. The largest absolute Gasteiger partial charge is 0.457 e. The van der Waals surface area contributed by atoms with Crippen molar-refractivity contribution in [3.63, 3.8) is 0 Å². The first kappa shape index (κ1) is 18.5. The maximum Gasteiger partial charge on any atom is 0.270 e. The molecular weight excluding hydrogens is 366 g/mol. The number of nitro benzene ring substituents is 2. The normalized spacial score (nSPS) is 10.1. The third-order valence-electron chi connectivity index (χ3n) is 3.73. The minimum absolute atomic E-state index is 0.0450. The molecule has 0 aliphatic carbocycles. The molecule has 9 heteroatoms. The first-order valence-electron chi connectivity index (χ1n) is 8.01. The average Bonchev–Trinajstić information content (AvgIpc) is 2.69. The molecule has 28 heavy (non-hydrogen) atoms. The van der Waals surface area contributed by atoms with Crippen molar-refractivity contribution in [3.8, 4) is 11.5 Å². The Kier molecular flexibility index (Phi) is 5.26. The average molecular weight is 379 g/mol. The van der Waals surface area contributed by atoms with Crippen LogP contribution in [0.5, 0.6) is 11.5 Å². The zero-order valence-corrected chi connectivity index (χ0v) is 14.3. The summed E-state index contributed by atoms with van der Waals surface area (Å²) in [7, 11) is 0. The van der Waals surface area contributed by atoms with Gasteiger partial charge in [-0.15, -0.1) is 0 Å². The molecule has 1 N–H and O–H groups in total. The fourth-order valence-electron chi connectivity index (χ4n) is 2.38. The lowest BCUT2D eigenvalue weighted by Gasteiger charge is -2.11. The van der Waals surface area contributed by atoms with Crippen LogP contribution >= 0.6 is 0 Å². The number of nitrogens with one attached hydrogen (secondary N) is 1. The molecule has 0 saturated carbocycles. The van der Waals surface area contributed by atoms with Gasteiger partial charge in [-0.25, -0.2) is 0 Å². The van der Waals surface area contributed by atoms with E-state index >= 15 is 0 Å². The molecule has 1 amide bonds. The second kappa shape index (κ2) is 7.96. The standard InChI is InChI=1S/C19H13N3O6/c23-19(20-13-6-8-14(9-7-13)21(24)25)17-12-15(22(26)27)10-11-18(17)28-16-4-2-1-3-5-16/h1-12H,(H,20,23). The minimum Gasteiger partial charge on any atom is -0.457 e. The van der Waals surface area contributed by atoms with Crippen LogP contribution in [-0.2, 0) is 0 Å². The maximum atomic E-state index is 12.7. The van der Waals surface area contributed by atoms with Crippen molar-refractivity contribution in [1.29, 1.82) is 0 Å². The zero-order chi connectivity index (χ0) is 20.1. The number of carbonyl (C=O) groups excluding carboxylic acids is 1. The number of carbonyl (C=O) groups is 1. The highest BCUT2D eigenvalue weighted by Crippen LogP contribution is 2.29. The summed E-state index contributed by atoms with van der Waals surface area (Å²) >= 11 is 0. The van der Waals surface area contributed by atoms with Gasteiger partial charge in [-0.2, -0.15) is 0 Å². The van der Waals surface area contributed by atoms with Gasteiger partial charge in [0.1, 0.15) is 11.5 Å².